The molecule has 106 valence electrons. The highest BCUT2D eigenvalue weighted by Crippen LogP contribution is 2.39. The third kappa shape index (κ3) is 2.70. The zero-order valence-electron chi connectivity index (χ0n) is 11.6. The van der Waals surface area contributed by atoms with Crippen LogP contribution in [0.4, 0.5) is 0 Å². The summed E-state index contributed by atoms with van der Waals surface area (Å²) in [5.41, 5.74) is 0. The molecular formula is C13H24O5. The molecule has 1 heterocycles. The minimum absolute atomic E-state index is 0.135. The average molecular weight is 260 g/mol. The van der Waals surface area contributed by atoms with Gasteiger partial charge in [-0.2, -0.15) is 0 Å². The van der Waals surface area contributed by atoms with Crippen molar-refractivity contribution in [2.45, 2.75) is 70.4 Å². The summed E-state index contributed by atoms with van der Waals surface area (Å²) in [5.74, 6) is -0.674. The van der Waals surface area contributed by atoms with Crippen LogP contribution in [-0.4, -0.2) is 54.6 Å². The van der Waals surface area contributed by atoms with E-state index in [2.05, 4.69) is 0 Å². The molecule has 0 bridgehead atoms. The largest absolute Gasteiger partial charge is 0.390 e. The lowest BCUT2D eigenvalue weighted by atomic mass is 9.87. The third-order valence-corrected chi connectivity index (χ3v) is 3.45. The number of aliphatic hydroxyl groups excluding tert-OH is 1. The van der Waals surface area contributed by atoms with Crippen LogP contribution >= 0.6 is 0 Å². The van der Waals surface area contributed by atoms with Gasteiger partial charge in [0.25, 0.3) is 0 Å². The molecule has 1 saturated heterocycles. The maximum absolute atomic E-state index is 10.2. The van der Waals surface area contributed by atoms with Gasteiger partial charge in [0.05, 0.1) is 12.2 Å². The Balaban J connectivity index is 2.16. The molecule has 1 aliphatic carbocycles. The summed E-state index contributed by atoms with van der Waals surface area (Å²) in [6, 6.07) is 0. The maximum Gasteiger partial charge on any atom is 0.164 e. The van der Waals surface area contributed by atoms with E-state index in [1.54, 1.807) is 0 Å². The lowest BCUT2D eigenvalue weighted by Crippen LogP contribution is -2.56. The molecule has 1 aliphatic heterocycles. The van der Waals surface area contributed by atoms with Crippen molar-refractivity contribution >= 4 is 0 Å². The standard InChI is InChI=1S/C13H24O5/c1-5-15-9-7-8(14)10-12(11(9)16-6-2)18-13(3,4)17-10/h8-12,14H,5-7H2,1-4H3/t8-,9+,10+,11-,12-/m1/s1. The second kappa shape index (κ2) is 5.43. The Hall–Kier alpha value is -0.200. The number of hydrogen-bond acceptors (Lipinski definition) is 5. The molecule has 0 aromatic carbocycles. The van der Waals surface area contributed by atoms with Gasteiger partial charge < -0.3 is 24.1 Å². The predicted octanol–water partition coefficient (Wildman–Crippen LogP) is 1.08. The Bertz CT molecular complexity index is 281. The molecule has 0 radical (unpaired) electrons. The van der Waals surface area contributed by atoms with Gasteiger partial charge in [-0.25, -0.2) is 0 Å². The number of fused-ring (bicyclic) bond motifs is 1. The number of hydrogen-bond donors (Lipinski definition) is 1. The van der Waals surface area contributed by atoms with Crippen molar-refractivity contribution in [1.29, 1.82) is 0 Å². The minimum atomic E-state index is -0.674. The van der Waals surface area contributed by atoms with Crippen LogP contribution in [0.5, 0.6) is 0 Å². The molecule has 0 amide bonds. The van der Waals surface area contributed by atoms with E-state index in [-0.39, 0.29) is 24.4 Å². The smallest absolute Gasteiger partial charge is 0.164 e. The van der Waals surface area contributed by atoms with E-state index < -0.39 is 11.9 Å². The van der Waals surface area contributed by atoms with E-state index in [1.165, 1.54) is 0 Å². The fourth-order valence-electron chi connectivity index (χ4n) is 2.86. The fraction of sp³-hybridized carbons (Fsp3) is 1.00. The first-order chi connectivity index (χ1) is 8.48. The number of rotatable bonds is 4. The zero-order valence-corrected chi connectivity index (χ0v) is 11.6. The van der Waals surface area contributed by atoms with Gasteiger partial charge in [-0.15, -0.1) is 0 Å². The van der Waals surface area contributed by atoms with Crippen LogP contribution in [0.15, 0.2) is 0 Å². The molecule has 5 nitrogen and oxygen atoms in total. The summed E-state index contributed by atoms with van der Waals surface area (Å²) in [5, 5.41) is 10.2. The number of aliphatic hydroxyl groups is 1. The molecule has 1 N–H and O–H groups in total. The van der Waals surface area contributed by atoms with Crippen LogP contribution in [0.2, 0.25) is 0 Å². The van der Waals surface area contributed by atoms with E-state index in [9.17, 15) is 5.11 Å². The Kier molecular flexibility index (Phi) is 4.29. The monoisotopic (exact) mass is 260 g/mol. The quantitative estimate of drug-likeness (QED) is 0.819. The first-order valence-corrected chi connectivity index (χ1v) is 6.75. The highest BCUT2D eigenvalue weighted by molar-refractivity contribution is 5.00. The Morgan fingerprint density at radius 1 is 1.11 bits per heavy atom. The van der Waals surface area contributed by atoms with Crippen molar-refractivity contribution < 1.29 is 24.1 Å². The summed E-state index contributed by atoms with van der Waals surface area (Å²) < 4.78 is 23.1. The van der Waals surface area contributed by atoms with Crippen molar-refractivity contribution in [2.75, 3.05) is 13.2 Å². The van der Waals surface area contributed by atoms with Gasteiger partial charge in [-0.1, -0.05) is 0 Å². The topological polar surface area (TPSA) is 57.2 Å². The molecule has 5 heteroatoms. The fourth-order valence-corrected chi connectivity index (χ4v) is 2.86. The van der Waals surface area contributed by atoms with Crippen molar-refractivity contribution in [3.8, 4) is 0 Å². The highest BCUT2D eigenvalue weighted by atomic mass is 16.8. The van der Waals surface area contributed by atoms with Gasteiger partial charge in [0, 0.05) is 19.6 Å². The second-order valence-electron chi connectivity index (χ2n) is 5.28. The Morgan fingerprint density at radius 2 is 1.72 bits per heavy atom. The van der Waals surface area contributed by atoms with E-state index in [0.717, 1.165) is 0 Å². The van der Waals surface area contributed by atoms with E-state index in [4.69, 9.17) is 18.9 Å². The van der Waals surface area contributed by atoms with Crippen LogP contribution in [0.3, 0.4) is 0 Å². The summed E-state index contributed by atoms with van der Waals surface area (Å²) in [4.78, 5) is 0. The normalized spacial score (nSPS) is 42.8. The van der Waals surface area contributed by atoms with E-state index in [1.807, 2.05) is 27.7 Å². The van der Waals surface area contributed by atoms with Gasteiger partial charge in [0.15, 0.2) is 5.79 Å². The lowest BCUT2D eigenvalue weighted by molar-refractivity contribution is -0.178. The molecule has 0 aromatic heterocycles. The zero-order chi connectivity index (χ0) is 13.3. The Morgan fingerprint density at radius 3 is 2.33 bits per heavy atom. The Labute approximate surface area is 108 Å². The molecule has 2 fully saturated rings. The predicted molar refractivity (Wildman–Crippen MR) is 65.3 cm³/mol. The van der Waals surface area contributed by atoms with Crippen LogP contribution < -0.4 is 0 Å². The first-order valence-electron chi connectivity index (χ1n) is 6.75. The van der Waals surface area contributed by atoms with Crippen LogP contribution in [0.1, 0.15) is 34.1 Å². The lowest BCUT2D eigenvalue weighted by Gasteiger charge is -2.39. The van der Waals surface area contributed by atoms with Gasteiger partial charge >= 0.3 is 0 Å². The molecule has 0 unspecified atom stereocenters. The van der Waals surface area contributed by atoms with Gasteiger partial charge in [0.2, 0.25) is 0 Å². The SMILES string of the molecule is CCO[C@H]1[C@@H]2OC(C)(C)O[C@H]2[C@H](O)C[C@@H]1OCC. The van der Waals surface area contributed by atoms with Crippen molar-refractivity contribution in [1.82, 2.24) is 0 Å². The molecular weight excluding hydrogens is 236 g/mol. The third-order valence-electron chi connectivity index (χ3n) is 3.45. The minimum Gasteiger partial charge on any atom is -0.390 e. The van der Waals surface area contributed by atoms with Crippen molar-refractivity contribution in [3.63, 3.8) is 0 Å². The summed E-state index contributed by atoms with van der Waals surface area (Å²) >= 11 is 0. The summed E-state index contributed by atoms with van der Waals surface area (Å²) in [6.45, 7) is 8.80. The van der Waals surface area contributed by atoms with E-state index in [0.29, 0.717) is 19.6 Å². The molecule has 2 aliphatic rings. The highest BCUT2D eigenvalue weighted by Gasteiger charge is 2.54. The molecule has 1 saturated carbocycles. The molecule has 0 aromatic rings. The van der Waals surface area contributed by atoms with Gasteiger partial charge in [-0.3, -0.25) is 0 Å². The first kappa shape index (κ1) is 14.2. The van der Waals surface area contributed by atoms with Crippen molar-refractivity contribution in [3.05, 3.63) is 0 Å². The molecule has 0 spiro atoms. The summed E-state index contributed by atoms with van der Waals surface area (Å²) in [7, 11) is 0. The van der Waals surface area contributed by atoms with Crippen LogP contribution in [0.25, 0.3) is 0 Å². The van der Waals surface area contributed by atoms with Crippen LogP contribution in [-0.2, 0) is 18.9 Å². The second-order valence-corrected chi connectivity index (χ2v) is 5.28. The molecule has 5 atom stereocenters. The maximum atomic E-state index is 10.2. The number of ether oxygens (including phenoxy) is 4. The van der Waals surface area contributed by atoms with Crippen LogP contribution in [0, 0.1) is 0 Å². The van der Waals surface area contributed by atoms with Crippen molar-refractivity contribution in [2.24, 2.45) is 0 Å². The van der Waals surface area contributed by atoms with Gasteiger partial charge in [-0.05, 0) is 27.7 Å². The summed E-state index contributed by atoms with van der Waals surface area (Å²) in [6.07, 6.45) is -0.939. The van der Waals surface area contributed by atoms with Gasteiger partial charge in [0.1, 0.15) is 18.3 Å². The molecule has 18 heavy (non-hydrogen) atoms. The molecule has 2 rings (SSSR count). The van der Waals surface area contributed by atoms with E-state index >= 15 is 0 Å². The average Bonchev–Trinajstić information content (AvgIpc) is 2.61.